The topological polar surface area (TPSA) is 47.0 Å². The van der Waals surface area contributed by atoms with E-state index in [1.165, 1.54) is 6.92 Å². The van der Waals surface area contributed by atoms with E-state index in [1.54, 1.807) is 18.3 Å². The Kier molecular flexibility index (Phi) is 5.03. The minimum Gasteiger partial charge on any atom is -0.298 e. The average molecular weight is 353 g/mol. The van der Waals surface area contributed by atoms with Gasteiger partial charge in [-0.2, -0.15) is 0 Å². The number of halogens is 1. The highest BCUT2D eigenvalue weighted by Crippen LogP contribution is 2.38. The van der Waals surface area contributed by atoms with E-state index < -0.39 is 18.0 Å². The minimum atomic E-state index is -1.15. The molecule has 4 heteroatoms. The van der Waals surface area contributed by atoms with Crippen molar-refractivity contribution < 1.29 is 14.0 Å². The van der Waals surface area contributed by atoms with Crippen molar-refractivity contribution >= 4 is 11.6 Å². The fourth-order valence-electron chi connectivity index (χ4n) is 4.19. The largest absolute Gasteiger partial charge is 0.298 e. The Morgan fingerprint density at radius 2 is 1.85 bits per heavy atom. The van der Waals surface area contributed by atoms with E-state index in [2.05, 4.69) is 4.98 Å². The van der Waals surface area contributed by atoms with Crippen LogP contribution in [0.1, 0.15) is 58.9 Å². The molecule has 1 fully saturated rings. The lowest BCUT2D eigenvalue weighted by molar-refractivity contribution is -0.124. The molecule has 26 heavy (non-hydrogen) atoms. The molecular weight excluding hydrogens is 329 g/mol. The molecule has 1 aliphatic carbocycles. The first-order valence-electron chi connectivity index (χ1n) is 9.01. The fraction of sp³-hybridized carbons (Fsp3) is 0.409. The van der Waals surface area contributed by atoms with Crippen LogP contribution in [0, 0.1) is 26.7 Å². The molecule has 3 atom stereocenters. The van der Waals surface area contributed by atoms with Crippen LogP contribution < -0.4 is 0 Å². The number of hydrogen-bond donors (Lipinski definition) is 0. The summed E-state index contributed by atoms with van der Waals surface area (Å²) in [6.45, 7) is 7.37. The Labute approximate surface area is 153 Å². The third-order valence-electron chi connectivity index (χ3n) is 5.28. The Hall–Kier alpha value is -2.36. The van der Waals surface area contributed by atoms with Gasteiger partial charge in [0.05, 0.1) is 0 Å². The molecule has 1 heterocycles. The predicted molar refractivity (Wildman–Crippen MR) is 99.0 cm³/mol. The molecule has 0 bridgehead atoms. The van der Waals surface area contributed by atoms with Crippen molar-refractivity contribution in [2.75, 3.05) is 0 Å². The van der Waals surface area contributed by atoms with Crippen LogP contribution in [0.5, 0.6) is 0 Å². The van der Waals surface area contributed by atoms with Gasteiger partial charge < -0.3 is 0 Å². The van der Waals surface area contributed by atoms with E-state index in [4.69, 9.17) is 0 Å². The number of alkyl halides is 1. The van der Waals surface area contributed by atoms with E-state index in [9.17, 15) is 14.0 Å². The normalized spacial score (nSPS) is 21.3. The van der Waals surface area contributed by atoms with Crippen molar-refractivity contribution in [3.8, 4) is 0 Å². The smallest absolute Gasteiger partial charge is 0.151 e. The van der Waals surface area contributed by atoms with Gasteiger partial charge in [-0.15, -0.1) is 0 Å². The Balaban J connectivity index is 1.91. The maximum Gasteiger partial charge on any atom is 0.151 e. The summed E-state index contributed by atoms with van der Waals surface area (Å²) in [5.74, 6) is -1.23. The second-order valence-electron chi connectivity index (χ2n) is 7.37. The van der Waals surface area contributed by atoms with E-state index in [-0.39, 0.29) is 18.0 Å². The molecule has 1 aromatic carbocycles. The Morgan fingerprint density at radius 3 is 2.46 bits per heavy atom. The number of hydrogen-bond acceptors (Lipinski definition) is 3. The number of carbonyl (C=O) groups is 2. The lowest BCUT2D eigenvalue weighted by atomic mass is 9.86. The predicted octanol–water partition coefficient (Wildman–Crippen LogP) is 4.52. The second-order valence-corrected chi connectivity index (χ2v) is 7.37. The zero-order valence-electron chi connectivity index (χ0n) is 15.7. The highest BCUT2D eigenvalue weighted by Gasteiger charge is 2.43. The SMILES string of the molecule is Cc1cc(C)c(C2C(=O)CC(Cc3ncccc3C(C)F)C2=O)c(C)c1. The summed E-state index contributed by atoms with van der Waals surface area (Å²) in [5, 5.41) is 0. The summed E-state index contributed by atoms with van der Waals surface area (Å²) in [6, 6.07) is 7.41. The van der Waals surface area contributed by atoms with Crippen LogP contribution in [0.3, 0.4) is 0 Å². The summed E-state index contributed by atoms with van der Waals surface area (Å²) < 4.78 is 13.8. The second kappa shape index (κ2) is 7.10. The molecule has 3 unspecified atom stereocenters. The van der Waals surface area contributed by atoms with Crippen LogP contribution in [0.4, 0.5) is 4.39 Å². The first kappa shape index (κ1) is 18.4. The van der Waals surface area contributed by atoms with Crippen LogP contribution in [-0.2, 0) is 16.0 Å². The van der Waals surface area contributed by atoms with Gasteiger partial charge in [-0.25, -0.2) is 4.39 Å². The van der Waals surface area contributed by atoms with Gasteiger partial charge in [-0.1, -0.05) is 23.8 Å². The number of ketones is 2. The highest BCUT2D eigenvalue weighted by atomic mass is 19.1. The summed E-state index contributed by atoms with van der Waals surface area (Å²) >= 11 is 0. The number of nitrogens with zero attached hydrogens (tertiary/aromatic N) is 1. The van der Waals surface area contributed by atoms with E-state index in [1.807, 2.05) is 32.9 Å². The number of benzene rings is 1. The molecule has 1 aromatic heterocycles. The zero-order valence-corrected chi connectivity index (χ0v) is 15.7. The molecule has 0 aliphatic heterocycles. The van der Waals surface area contributed by atoms with Gasteiger partial charge >= 0.3 is 0 Å². The molecule has 0 radical (unpaired) electrons. The molecule has 0 amide bonds. The molecule has 3 rings (SSSR count). The lowest BCUT2D eigenvalue weighted by Crippen LogP contribution is -2.19. The third-order valence-corrected chi connectivity index (χ3v) is 5.28. The van der Waals surface area contributed by atoms with Crippen LogP contribution in [0.2, 0.25) is 0 Å². The number of aromatic nitrogens is 1. The lowest BCUT2D eigenvalue weighted by Gasteiger charge is -2.17. The quantitative estimate of drug-likeness (QED) is 0.759. The third kappa shape index (κ3) is 3.33. The van der Waals surface area contributed by atoms with Gasteiger partial charge in [0.2, 0.25) is 0 Å². The van der Waals surface area contributed by atoms with Gasteiger partial charge in [-0.3, -0.25) is 14.6 Å². The van der Waals surface area contributed by atoms with Crippen molar-refractivity contribution in [1.29, 1.82) is 0 Å². The molecule has 0 spiro atoms. The van der Waals surface area contributed by atoms with Gasteiger partial charge in [0, 0.05) is 36.2 Å². The summed E-state index contributed by atoms with van der Waals surface area (Å²) in [4.78, 5) is 30.0. The monoisotopic (exact) mass is 353 g/mol. The van der Waals surface area contributed by atoms with Crippen molar-refractivity contribution in [2.45, 2.75) is 52.6 Å². The number of pyridine rings is 1. The van der Waals surface area contributed by atoms with Gasteiger partial charge in [0.25, 0.3) is 0 Å². The van der Waals surface area contributed by atoms with Crippen molar-refractivity contribution in [1.82, 2.24) is 4.98 Å². The maximum atomic E-state index is 13.8. The van der Waals surface area contributed by atoms with Gasteiger partial charge in [0.1, 0.15) is 17.9 Å². The molecule has 1 saturated carbocycles. The number of aryl methyl sites for hydroxylation is 3. The maximum absolute atomic E-state index is 13.8. The van der Waals surface area contributed by atoms with Gasteiger partial charge in [0.15, 0.2) is 5.78 Å². The molecule has 136 valence electrons. The zero-order chi connectivity index (χ0) is 19.0. The first-order valence-corrected chi connectivity index (χ1v) is 9.01. The van der Waals surface area contributed by atoms with Crippen LogP contribution >= 0.6 is 0 Å². The van der Waals surface area contributed by atoms with E-state index in [0.717, 1.165) is 22.3 Å². The van der Waals surface area contributed by atoms with Crippen molar-refractivity contribution in [2.24, 2.45) is 5.92 Å². The van der Waals surface area contributed by atoms with Crippen LogP contribution in [-0.4, -0.2) is 16.6 Å². The average Bonchev–Trinajstić information content (AvgIpc) is 2.82. The molecule has 2 aromatic rings. The summed E-state index contributed by atoms with van der Waals surface area (Å²) in [5.41, 5.74) is 4.99. The van der Waals surface area contributed by atoms with Gasteiger partial charge in [-0.05, 0) is 50.5 Å². The molecular formula is C22H24FNO2. The number of rotatable bonds is 4. The Morgan fingerprint density at radius 1 is 1.19 bits per heavy atom. The van der Waals surface area contributed by atoms with Crippen molar-refractivity contribution in [3.05, 3.63) is 64.0 Å². The number of carbonyl (C=O) groups excluding carboxylic acids is 2. The minimum absolute atomic E-state index is 0.0409. The molecule has 0 saturated heterocycles. The molecule has 3 nitrogen and oxygen atoms in total. The number of Topliss-reactive ketones (excluding diaryl/α,β-unsaturated/α-hetero) is 2. The standard InChI is InChI=1S/C22H24FNO2/c1-12-8-13(2)20(14(3)9-12)21-19(25)11-16(22(21)26)10-18-17(15(4)23)6-5-7-24-18/h5-9,15-16,21H,10-11H2,1-4H3. The molecule has 1 aliphatic rings. The first-order chi connectivity index (χ1) is 12.3. The van der Waals surface area contributed by atoms with Crippen molar-refractivity contribution in [3.63, 3.8) is 0 Å². The molecule has 0 N–H and O–H groups in total. The summed E-state index contributed by atoms with van der Waals surface area (Å²) in [6.07, 6.45) is 0.972. The highest BCUT2D eigenvalue weighted by molar-refractivity contribution is 6.15. The summed E-state index contributed by atoms with van der Waals surface area (Å²) in [7, 11) is 0. The Bertz CT molecular complexity index is 849. The van der Waals surface area contributed by atoms with Crippen LogP contribution in [0.15, 0.2) is 30.5 Å². The van der Waals surface area contributed by atoms with E-state index in [0.29, 0.717) is 17.7 Å². The fourth-order valence-corrected chi connectivity index (χ4v) is 4.19. The van der Waals surface area contributed by atoms with Crippen LogP contribution in [0.25, 0.3) is 0 Å². The van der Waals surface area contributed by atoms with E-state index >= 15 is 0 Å².